The van der Waals surface area contributed by atoms with Gasteiger partial charge in [0.1, 0.15) is 0 Å². The van der Waals surface area contributed by atoms with E-state index in [9.17, 15) is 9.59 Å². The average Bonchev–Trinajstić information content (AvgIpc) is 2.96. The first kappa shape index (κ1) is 21.1. The molecule has 0 atom stereocenters. The molecule has 0 bridgehead atoms. The first-order valence-corrected chi connectivity index (χ1v) is 11.3. The zero-order chi connectivity index (χ0) is 19.8. The lowest BCUT2D eigenvalue weighted by Gasteiger charge is -2.27. The summed E-state index contributed by atoms with van der Waals surface area (Å²) in [6.45, 7) is 9.13. The van der Waals surface area contributed by atoms with Crippen LogP contribution in [0.4, 0.5) is 0 Å². The summed E-state index contributed by atoms with van der Waals surface area (Å²) in [6, 6.07) is 8.50. The van der Waals surface area contributed by atoms with Gasteiger partial charge >= 0.3 is 0 Å². The second-order valence-electron chi connectivity index (χ2n) is 7.42. The van der Waals surface area contributed by atoms with Crippen molar-refractivity contribution in [3.8, 4) is 0 Å². The Labute approximate surface area is 172 Å². The van der Waals surface area contributed by atoms with Crippen LogP contribution in [-0.4, -0.2) is 90.5 Å². The van der Waals surface area contributed by atoms with Crippen LogP contribution in [0.25, 0.3) is 0 Å². The third kappa shape index (κ3) is 6.22. The molecule has 0 unspecified atom stereocenters. The number of thioether (sulfide) groups is 1. The van der Waals surface area contributed by atoms with Gasteiger partial charge in [0.15, 0.2) is 0 Å². The summed E-state index contributed by atoms with van der Waals surface area (Å²) in [5.41, 5.74) is 2.68. The molecule has 154 valence electrons. The van der Waals surface area contributed by atoms with E-state index in [0.717, 1.165) is 39.1 Å². The van der Waals surface area contributed by atoms with Crippen LogP contribution >= 0.6 is 11.8 Å². The molecular formula is C21H31N3O3S. The number of aryl methyl sites for hydroxylation is 1. The van der Waals surface area contributed by atoms with E-state index in [1.54, 1.807) is 0 Å². The summed E-state index contributed by atoms with van der Waals surface area (Å²) in [6.07, 6.45) is 0.995. The maximum atomic E-state index is 12.6. The summed E-state index contributed by atoms with van der Waals surface area (Å²) in [5.74, 6) is 1.02. The summed E-state index contributed by atoms with van der Waals surface area (Å²) in [4.78, 5) is 31.0. The van der Waals surface area contributed by atoms with E-state index in [1.165, 1.54) is 22.9 Å². The van der Waals surface area contributed by atoms with Gasteiger partial charge in [0, 0.05) is 45.8 Å². The van der Waals surface area contributed by atoms with Crippen molar-refractivity contribution in [1.29, 1.82) is 0 Å². The first-order valence-electron chi connectivity index (χ1n) is 10.1. The zero-order valence-electron chi connectivity index (χ0n) is 16.8. The highest BCUT2D eigenvalue weighted by atomic mass is 32.2. The van der Waals surface area contributed by atoms with Crippen LogP contribution in [0.2, 0.25) is 0 Å². The minimum atomic E-state index is 0.112. The van der Waals surface area contributed by atoms with Gasteiger partial charge in [0.2, 0.25) is 11.8 Å². The Bertz CT molecular complexity index is 664. The van der Waals surface area contributed by atoms with Gasteiger partial charge in [0.25, 0.3) is 0 Å². The molecule has 2 heterocycles. The molecule has 0 aliphatic carbocycles. The van der Waals surface area contributed by atoms with E-state index in [4.69, 9.17) is 4.74 Å². The van der Waals surface area contributed by atoms with Crippen molar-refractivity contribution in [1.82, 2.24) is 14.7 Å². The normalized spacial score (nSPS) is 18.8. The second kappa shape index (κ2) is 10.8. The molecule has 6 nitrogen and oxygen atoms in total. The van der Waals surface area contributed by atoms with Crippen LogP contribution in [0.3, 0.4) is 0 Å². The molecule has 0 aromatic heterocycles. The highest BCUT2D eigenvalue weighted by Crippen LogP contribution is 2.14. The number of ether oxygens (including phenoxy) is 1. The molecule has 1 aromatic carbocycles. The van der Waals surface area contributed by atoms with Crippen LogP contribution in [0.5, 0.6) is 0 Å². The van der Waals surface area contributed by atoms with Crippen LogP contribution in [0.15, 0.2) is 24.3 Å². The number of amides is 2. The lowest BCUT2D eigenvalue weighted by molar-refractivity contribution is -0.132. The second-order valence-corrected chi connectivity index (χ2v) is 8.41. The molecule has 3 rings (SSSR count). The Morgan fingerprint density at radius 1 is 0.929 bits per heavy atom. The van der Waals surface area contributed by atoms with E-state index in [2.05, 4.69) is 36.1 Å². The molecule has 0 N–H and O–H groups in total. The van der Waals surface area contributed by atoms with Crippen molar-refractivity contribution >= 4 is 23.6 Å². The predicted octanol–water partition coefficient (Wildman–Crippen LogP) is 1.62. The van der Waals surface area contributed by atoms with Gasteiger partial charge in [-0.3, -0.25) is 14.5 Å². The number of morpholine rings is 1. The van der Waals surface area contributed by atoms with E-state index < -0.39 is 0 Å². The van der Waals surface area contributed by atoms with Crippen LogP contribution in [0.1, 0.15) is 17.5 Å². The Hall–Kier alpha value is -1.57. The predicted molar refractivity (Wildman–Crippen MR) is 112 cm³/mol. The molecule has 0 spiro atoms. The molecule has 1 aromatic rings. The molecule has 2 aliphatic heterocycles. The standard InChI is InChI=1S/C21H31N3O3S/c1-18-5-2-3-6-19(18)15-22-7-4-8-23(10-9-22)20(25)16-28-17-21(26)24-11-13-27-14-12-24/h2-3,5-6H,4,7-17H2,1H3. The van der Waals surface area contributed by atoms with Crippen molar-refractivity contribution in [3.63, 3.8) is 0 Å². The third-order valence-corrected chi connectivity index (χ3v) is 6.31. The highest BCUT2D eigenvalue weighted by Gasteiger charge is 2.21. The largest absolute Gasteiger partial charge is 0.378 e. The molecular weight excluding hydrogens is 374 g/mol. The minimum absolute atomic E-state index is 0.112. The van der Waals surface area contributed by atoms with Crippen LogP contribution in [0, 0.1) is 6.92 Å². The van der Waals surface area contributed by atoms with Gasteiger partial charge in [-0.2, -0.15) is 0 Å². The summed E-state index contributed by atoms with van der Waals surface area (Å²) >= 11 is 1.43. The SMILES string of the molecule is Cc1ccccc1CN1CCCN(C(=O)CSCC(=O)N2CCOCC2)CC1. The van der Waals surface area contributed by atoms with Crippen molar-refractivity contribution in [3.05, 3.63) is 35.4 Å². The molecule has 7 heteroatoms. The summed E-state index contributed by atoms with van der Waals surface area (Å²) < 4.78 is 5.27. The molecule has 0 saturated carbocycles. The molecule has 2 amide bonds. The number of nitrogens with zero attached hydrogens (tertiary/aromatic N) is 3. The van der Waals surface area contributed by atoms with Crippen LogP contribution < -0.4 is 0 Å². The Balaban J connectivity index is 1.39. The van der Waals surface area contributed by atoms with E-state index in [1.807, 2.05) is 9.80 Å². The van der Waals surface area contributed by atoms with E-state index in [0.29, 0.717) is 37.8 Å². The molecule has 0 radical (unpaired) electrons. The fourth-order valence-electron chi connectivity index (χ4n) is 3.63. The molecule has 28 heavy (non-hydrogen) atoms. The minimum Gasteiger partial charge on any atom is -0.378 e. The lowest BCUT2D eigenvalue weighted by atomic mass is 10.1. The molecule has 2 aliphatic rings. The number of carbonyl (C=O) groups excluding carboxylic acids is 2. The van der Waals surface area contributed by atoms with Gasteiger partial charge in [-0.1, -0.05) is 24.3 Å². The number of carbonyl (C=O) groups is 2. The van der Waals surface area contributed by atoms with Gasteiger partial charge in [-0.05, 0) is 24.5 Å². The van der Waals surface area contributed by atoms with Crippen molar-refractivity contribution in [2.24, 2.45) is 0 Å². The maximum absolute atomic E-state index is 12.6. The molecule has 2 saturated heterocycles. The van der Waals surface area contributed by atoms with Gasteiger partial charge in [-0.25, -0.2) is 0 Å². The topological polar surface area (TPSA) is 53.1 Å². The monoisotopic (exact) mass is 405 g/mol. The van der Waals surface area contributed by atoms with Crippen molar-refractivity contribution in [2.45, 2.75) is 19.9 Å². The zero-order valence-corrected chi connectivity index (χ0v) is 17.6. The highest BCUT2D eigenvalue weighted by molar-refractivity contribution is 8.00. The van der Waals surface area contributed by atoms with E-state index in [-0.39, 0.29) is 11.8 Å². The first-order chi connectivity index (χ1) is 13.6. The fourth-order valence-corrected chi connectivity index (χ4v) is 4.44. The Morgan fingerprint density at radius 3 is 2.32 bits per heavy atom. The van der Waals surface area contributed by atoms with Crippen molar-refractivity contribution < 1.29 is 14.3 Å². The number of rotatable bonds is 6. The summed E-state index contributed by atoms with van der Waals surface area (Å²) in [7, 11) is 0. The lowest BCUT2D eigenvalue weighted by Crippen LogP contribution is -2.42. The quantitative estimate of drug-likeness (QED) is 0.720. The van der Waals surface area contributed by atoms with Gasteiger partial charge in [0.05, 0.1) is 24.7 Å². The van der Waals surface area contributed by atoms with Crippen molar-refractivity contribution in [2.75, 3.05) is 64.0 Å². The molecule has 2 fully saturated rings. The number of hydrogen-bond acceptors (Lipinski definition) is 5. The number of hydrogen-bond donors (Lipinski definition) is 0. The average molecular weight is 406 g/mol. The van der Waals surface area contributed by atoms with Gasteiger partial charge in [-0.15, -0.1) is 11.8 Å². The fraction of sp³-hybridized carbons (Fsp3) is 0.619. The Kier molecular flexibility index (Phi) is 8.18. The summed E-state index contributed by atoms with van der Waals surface area (Å²) in [5, 5.41) is 0. The third-order valence-electron chi connectivity index (χ3n) is 5.41. The number of benzene rings is 1. The Morgan fingerprint density at radius 2 is 1.61 bits per heavy atom. The van der Waals surface area contributed by atoms with Crippen LogP contribution in [-0.2, 0) is 20.9 Å². The maximum Gasteiger partial charge on any atom is 0.232 e. The smallest absolute Gasteiger partial charge is 0.232 e. The van der Waals surface area contributed by atoms with Gasteiger partial charge < -0.3 is 14.5 Å². The van der Waals surface area contributed by atoms with E-state index >= 15 is 0 Å².